The van der Waals surface area contributed by atoms with Crippen molar-refractivity contribution in [3.63, 3.8) is 0 Å². The largest absolute Gasteiger partial charge is 0.395 e. The molecule has 0 unspecified atom stereocenters. The maximum Gasteiger partial charge on any atom is 0.128 e. The van der Waals surface area contributed by atoms with Gasteiger partial charge in [-0.05, 0) is 38.4 Å². The summed E-state index contributed by atoms with van der Waals surface area (Å²) in [5.41, 5.74) is 1.19. The van der Waals surface area contributed by atoms with Gasteiger partial charge in [-0.2, -0.15) is 0 Å². The van der Waals surface area contributed by atoms with E-state index in [2.05, 4.69) is 42.0 Å². The molecule has 0 saturated carbocycles. The third kappa shape index (κ3) is 4.63. The van der Waals surface area contributed by atoms with Crippen LogP contribution >= 0.6 is 0 Å². The van der Waals surface area contributed by atoms with Gasteiger partial charge in [0.2, 0.25) is 0 Å². The fourth-order valence-electron chi connectivity index (χ4n) is 1.85. The second-order valence-electron chi connectivity index (χ2n) is 4.71. The van der Waals surface area contributed by atoms with E-state index in [-0.39, 0.29) is 6.61 Å². The topological polar surface area (TPSA) is 48.4 Å². The highest BCUT2D eigenvalue weighted by Gasteiger charge is 2.10. The fourth-order valence-corrected chi connectivity index (χ4v) is 1.85. The van der Waals surface area contributed by atoms with Crippen LogP contribution < -0.4 is 10.2 Å². The summed E-state index contributed by atoms with van der Waals surface area (Å²) in [6.07, 6.45) is 3.05. The first-order valence-electron chi connectivity index (χ1n) is 6.72. The molecule has 0 saturated heterocycles. The molecule has 0 atom stereocenters. The molecule has 0 bridgehead atoms. The van der Waals surface area contributed by atoms with Crippen molar-refractivity contribution in [2.24, 2.45) is 0 Å². The highest BCUT2D eigenvalue weighted by molar-refractivity contribution is 5.40. The summed E-state index contributed by atoms with van der Waals surface area (Å²) in [4.78, 5) is 6.57. The van der Waals surface area contributed by atoms with Gasteiger partial charge < -0.3 is 15.3 Å². The van der Waals surface area contributed by atoms with Crippen LogP contribution in [0.1, 0.15) is 32.8 Å². The van der Waals surface area contributed by atoms with Crippen molar-refractivity contribution in [3.8, 4) is 0 Å². The van der Waals surface area contributed by atoms with Gasteiger partial charge in [0.25, 0.3) is 0 Å². The van der Waals surface area contributed by atoms with Crippen LogP contribution in [0.3, 0.4) is 0 Å². The molecule has 0 radical (unpaired) electrons. The van der Waals surface area contributed by atoms with Crippen molar-refractivity contribution in [1.29, 1.82) is 0 Å². The van der Waals surface area contributed by atoms with E-state index in [0.717, 1.165) is 25.3 Å². The summed E-state index contributed by atoms with van der Waals surface area (Å²) in [5, 5.41) is 12.4. The molecule has 0 amide bonds. The monoisotopic (exact) mass is 251 g/mol. The zero-order chi connectivity index (χ0) is 13.4. The van der Waals surface area contributed by atoms with Gasteiger partial charge in [0.05, 0.1) is 6.61 Å². The van der Waals surface area contributed by atoms with Crippen LogP contribution in [0.2, 0.25) is 0 Å². The number of nitrogens with one attached hydrogen (secondary N) is 1. The van der Waals surface area contributed by atoms with E-state index in [1.165, 1.54) is 5.56 Å². The minimum absolute atomic E-state index is 0.152. The molecule has 18 heavy (non-hydrogen) atoms. The van der Waals surface area contributed by atoms with Gasteiger partial charge in [-0.15, -0.1) is 0 Å². The standard InChI is InChI=1S/C14H25N3O/c1-4-7-15-10-13-5-6-14(16-11-13)17(8-9-18)12(2)3/h5-6,11-12,15,18H,4,7-10H2,1-3H3. The molecule has 1 aromatic rings. The van der Waals surface area contributed by atoms with Crippen LogP contribution in [0.5, 0.6) is 0 Å². The molecule has 0 spiro atoms. The summed E-state index contributed by atoms with van der Waals surface area (Å²) in [6.45, 7) is 9.04. The Hall–Kier alpha value is -1.13. The Morgan fingerprint density at radius 2 is 2.17 bits per heavy atom. The lowest BCUT2D eigenvalue weighted by atomic mass is 10.2. The molecule has 2 N–H and O–H groups in total. The van der Waals surface area contributed by atoms with Gasteiger partial charge in [0.15, 0.2) is 0 Å². The minimum Gasteiger partial charge on any atom is -0.395 e. The van der Waals surface area contributed by atoms with Gasteiger partial charge >= 0.3 is 0 Å². The summed E-state index contributed by atoms with van der Waals surface area (Å²) >= 11 is 0. The summed E-state index contributed by atoms with van der Waals surface area (Å²) in [5.74, 6) is 0.929. The van der Waals surface area contributed by atoms with E-state index < -0.39 is 0 Å². The van der Waals surface area contributed by atoms with Crippen LogP contribution in [-0.4, -0.2) is 35.8 Å². The number of hydrogen-bond donors (Lipinski definition) is 2. The van der Waals surface area contributed by atoms with E-state index >= 15 is 0 Å². The highest BCUT2D eigenvalue weighted by atomic mass is 16.3. The molecule has 1 heterocycles. The Labute approximate surface area is 110 Å². The van der Waals surface area contributed by atoms with E-state index in [1.54, 1.807) is 0 Å². The molecule has 0 aliphatic carbocycles. The van der Waals surface area contributed by atoms with E-state index in [4.69, 9.17) is 5.11 Å². The van der Waals surface area contributed by atoms with Gasteiger partial charge in [0, 0.05) is 25.3 Å². The maximum atomic E-state index is 9.07. The molecule has 4 heteroatoms. The normalized spacial score (nSPS) is 10.9. The third-order valence-corrected chi connectivity index (χ3v) is 2.82. The van der Waals surface area contributed by atoms with E-state index in [1.807, 2.05) is 12.3 Å². The molecule has 0 aliphatic heterocycles. The third-order valence-electron chi connectivity index (χ3n) is 2.82. The first-order valence-corrected chi connectivity index (χ1v) is 6.72. The zero-order valence-electron chi connectivity index (χ0n) is 11.7. The Kier molecular flexibility index (Phi) is 6.68. The summed E-state index contributed by atoms with van der Waals surface area (Å²) in [7, 11) is 0. The summed E-state index contributed by atoms with van der Waals surface area (Å²) < 4.78 is 0. The number of aliphatic hydroxyl groups is 1. The predicted octanol–water partition coefficient (Wildman–Crippen LogP) is 1.79. The first kappa shape index (κ1) is 14.9. The smallest absolute Gasteiger partial charge is 0.128 e. The van der Waals surface area contributed by atoms with Gasteiger partial charge in [-0.3, -0.25) is 0 Å². The second kappa shape index (κ2) is 8.06. The van der Waals surface area contributed by atoms with Gasteiger partial charge in [0.1, 0.15) is 5.82 Å². The second-order valence-corrected chi connectivity index (χ2v) is 4.71. The van der Waals surface area contributed by atoms with Gasteiger partial charge in [-0.1, -0.05) is 13.0 Å². The number of nitrogens with zero attached hydrogens (tertiary/aromatic N) is 2. The number of hydrogen-bond acceptors (Lipinski definition) is 4. The maximum absolute atomic E-state index is 9.07. The van der Waals surface area contributed by atoms with E-state index in [0.29, 0.717) is 12.6 Å². The van der Waals surface area contributed by atoms with Crippen molar-refractivity contribution < 1.29 is 5.11 Å². The molecule has 102 valence electrons. The van der Waals surface area contributed by atoms with Gasteiger partial charge in [-0.25, -0.2) is 4.98 Å². The predicted molar refractivity (Wildman–Crippen MR) is 75.8 cm³/mol. The molecule has 4 nitrogen and oxygen atoms in total. The molecule has 1 aromatic heterocycles. The molecule has 0 fully saturated rings. The Bertz CT molecular complexity index is 324. The lowest BCUT2D eigenvalue weighted by Gasteiger charge is -2.27. The molecular formula is C14H25N3O. The molecule has 0 aromatic carbocycles. The lowest BCUT2D eigenvalue weighted by molar-refractivity contribution is 0.298. The number of anilines is 1. The quantitative estimate of drug-likeness (QED) is 0.692. The lowest BCUT2D eigenvalue weighted by Crippen LogP contribution is -2.34. The average molecular weight is 251 g/mol. The van der Waals surface area contributed by atoms with Crippen LogP contribution in [-0.2, 0) is 6.54 Å². The summed E-state index contributed by atoms with van der Waals surface area (Å²) in [6, 6.07) is 4.46. The zero-order valence-corrected chi connectivity index (χ0v) is 11.7. The first-order chi connectivity index (χ1) is 8.69. The van der Waals surface area contributed by atoms with Crippen molar-refractivity contribution in [2.45, 2.75) is 39.8 Å². The Morgan fingerprint density at radius 1 is 1.39 bits per heavy atom. The Balaban J connectivity index is 2.62. The van der Waals surface area contributed by atoms with Crippen molar-refractivity contribution >= 4 is 5.82 Å². The van der Waals surface area contributed by atoms with Crippen molar-refractivity contribution in [3.05, 3.63) is 23.9 Å². The number of pyridine rings is 1. The minimum atomic E-state index is 0.152. The molecule has 0 aliphatic rings. The highest BCUT2D eigenvalue weighted by Crippen LogP contribution is 2.14. The van der Waals surface area contributed by atoms with Crippen LogP contribution in [0.15, 0.2) is 18.3 Å². The average Bonchev–Trinajstić information content (AvgIpc) is 2.37. The van der Waals surface area contributed by atoms with Crippen molar-refractivity contribution in [1.82, 2.24) is 10.3 Å². The number of aromatic nitrogens is 1. The Morgan fingerprint density at radius 3 is 2.67 bits per heavy atom. The van der Waals surface area contributed by atoms with Crippen LogP contribution in [0, 0.1) is 0 Å². The fraction of sp³-hybridized carbons (Fsp3) is 0.643. The van der Waals surface area contributed by atoms with Crippen LogP contribution in [0.4, 0.5) is 5.82 Å². The van der Waals surface area contributed by atoms with Crippen molar-refractivity contribution in [2.75, 3.05) is 24.6 Å². The van der Waals surface area contributed by atoms with Crippen LogP contribution in [0.25, 0.3) is 0 Å². The number of rotatable bonds is 8. The molecular weight excluding hydrogens is 226 g/mol. The number of aliphatic hydroxyl groups excluding tert-OH is 1. The SMILES string of the molecule is CCCNCc1ccc(N(CCO)C(C)C)nc1. The van der Waals surface area contributed by atoms with E-state index in [9.17, 15) is 0 Å². The molecule has 1 rings (SSSR count).